The summed E-state index contributed by atoms with van der Waals surface area (Å²) in [6.45, 7) is 5.09. The van der Waals surface area contributed by atoms with Gasteiger partial charge in [-0.25, -0.2) is 0 Å². The van der Waals surface area contributed by atoms with Crippen molar-refractivity contribution in [3.05, 3.63) is 78.4 Å². The quantitative estimate of drug-likeness (QED) is 0.555. The van der Waals surface area contributed by atoms with Gasteiger partial charge in [0.25, 0.3) is 0 Å². The van der Waals surface area contributed by atoms with E-state index < -0.39 is 6.29 Å². The summed E-state index contributed by atoms with van der Waals surface area (Å²) in [7, 11) is 0. The second-order valence-electron chi connectivity index (χ2n) is 6.87. The fourth-order valence-corrected chi connectivity index (χ4v) is 2.90. The molecule has 3 aromatic carbocycles. The molecule has 142 valence electrons. The predicted octanol–water partition coefficient (Wildman–Crippen LogP) is 4.29. The first-order valence-electron chi connectivity index (χ1n) is 9.36. The van der Waals surface area contributed by atoms with Gasteiger partial charge in [-0.2, -0.15) is 0 Å². The van der Waals surface area contributed by atoms with Gasteiger partial charge in [0.05, 0.1) is 0 Å². The Morgan fingerprint density at radius 1 is 0.889 bits per heavy atom. The number of benzene rings is 3. The molecule has 0 bridgehead atoms. The zero-order chi connectivity index (χ0) is 19.1. The molecule has 2 unspecified atom stereocenters. The van der Waals surface area contributed by atoms with Crippen LogP contribution in [0.2, 0.25) is 0 Å². The van der Waals surface area contributed by atoms with Crippen LogP contribution in [0.3, 0.4) is 0 Å². The van der Waals surface area contributed by atoms with E-state index in [0.29, 0.717) is 19.2 Å². The van der Waals surface area contributed by atoms with Crippen molar-refractivity contribution >= 4 is 10.8 Å². The first kappa shape index (κ1) is 19.4. The largest absolute Gasteiger partial charge is 0.490 e. The molecule has 27 heavy (non-hydrogen) atoms. The van der Waals surface area contributed by atoms with Crippen molar-refractivity contribution in [1.29, 1.82) is 0 Å². The molecule has 0 fully saturated rings. The molecule has 3 rings (SSSR count). The van der Waals surface area contributed by atoms with E-state index in [1.165, 1.54) is 0 Å². The van der Waals surface area contributed by atoms with E-state index in [1.54, 1.807) is 0 Å². The highest BCUT2D eigenvalue weighted by Crippen LogP contribution is 2.25. The maximum atomic E-state index is 10.4. The lowest BCUT2D eigenvalue weighted by molar-refractivity contribution is -0.147. The standard InChI is InChI=1S/C23H27NO3/c1-17(2)24-15-20(27-23(25)19-10-4-3-5-11-19)16-26-22-14-8-12-18-9-6-7-13-21(18)22/h3-14,17,20,23-25H,15-16H2,1-2H3. The third-order valence-corrected chi connectivity index (χ3v) is 4.33. The van der Waals surface area contributed by atoms with Gasteiger partial charge in [-0.05, 0) is 11.5 Å². The Balaban J connectivity index is 1.69. The molecule has 0 heterocycles. The second kappa shape index (κ2) is 9.51. The van der Waals surface area contributed by atoms with Gasteiger partial charge in [-0.15, -0.1) is 0 Å². The van der Waals surface area contributed by atoms with Crippen molar-refractivity contribution < 1.29 is 14.6 Å². The van der Waals surface area contributed by atoms with E-state index >= 15 is 0 Å². The summed E-state index contributed by atoms with van der Waals surface area (Å²) in [6, 6.07) is 23.8. The van der Waals surface area contributed by atoms with Crippen LogP contribution in [0.4, 0.5) is 0 Å². The number of hydrogen-bond donors (Lipinski definition) is 2. The Morgan fingerprint density at radius 2 is 1.59 bits per heavy atom. The Hall–Kier alpha value is -2.40. The first-order chi connectivity index (χ1) is 13.1. The van der Waals surface area contributed by atoms with Crippen molar-refractivity contribution in [2.24, 2.45) is 0 Å². The van der Waals surface area contributed by atoms with Crippen LogP contribution >= 0.6 is 0 Å². The molecular formula is C23H27NO3. The van der Waals surface area contributed by atoms with E-state index in [4.69, 9.17) is 9.47 Å². The monoisotopic (exact) mass is 365 g/mol. The molecule has 0 saturated carbocycles. The van der Waals surface area contributed by atoms with Crippen LogP contribution in [0.1, 0.15) is 25.7 Å². The molecule has 4 heteroatoms. The van der Waals surface area contributed by atoms with Gasteiger partial charge in [0.15, 0.2) is 6.29 Å². The molecule has 0 aliphatic heterocycles. The lowest BCUT2D eigenvalue weighted by Gasteiger charge is -2.24. The molecule has 0 aliphatic rings. The van der Waals surface area contributed by atoms with Crippen LogP contribution in [-0.4, -0.2) is 30.4 Å². The third kappa shape index (κ3) is 5.54. The fourth-order valence-electron chi connectivity index (χ4n) is 2.90. The molecule has 2 atom stereocenters. The molecule has 0 spiro atoms. The summed E-state index contributed by atoms with van der Waals surface area (Å²) >= 11 is 0. The molecule has 2 N–H and O–H groups in total. The minimum Gasteiger partial charge on any atom is -0.490 e. The summed E-state index contributed by atoms with van der Waals surface area (Å²) in [4.78, 5) is 0. The summed E-state index contributed by atoms with van der Waals surface area (Å²) in [6.07, 6.45) is -1.28. The van der Waals surface area contributed by atoms with E-state index in [9.17, 15) is 5.11 Å². The number of aliphatic hydroxyl groups excluding tert-OH is 1. The predicted molar refractivity (Wildman–Crippen MR) is 109 cm³/mol. The Morgan fingerprint density at radius 3 is 2.37 bits per heavy atom. The van der Waals surface area contributed by atoms with E-state index in [-0.39, 0.29) is 6.10 Å². The smallest absolute Gasteiger partial charge is 0.181 e. The van der Waals surface area contributed by atoms with Crippen LogP contribution in [0, 0.1) is 0 Å². The maximum Gasteiger partial charge on any atom is 0.181 e. The van der Waals surface area contributed by atoms with Crippen molar-refractivity contribution in [2.75, 3.05) is 13.2 Å². The Labute approximate surface area is 160 Å². The van der Waals surface area contributed by atoms with Crippen LogP contribution in [-0.2, 0) is 4.74 Å². The summed E-state index contributed by atoms with van der Waals surface area (Å²) in [5.74, 6) is 0.820. The molecular weight excluding hydrogens is 338 g/mol. The summed E-state index contributed by atoms with van der Waals surface area (Å²) in [5, 5.41) is 16.0. The molecule has 0 saturated heterocycles. The van der Waals surface area contributed by atoms with Crippen molar-refractivity contribution in [2.45, 2.75) is 32.3 Å². The van der Waals surface area contributed by atoms with Crippen molar-refractivity contribution in [3.8, 4) is 5.75 Å². The number of rotatable bonds is 9. The molecule has 0 radical (unpaired) electrons. The zero-order valence-corrected chi connectivity index (χ0v) is 15.8. The van der Waals surface area contributed by atoms with E-state index in [2.05, 4.69) is 31.3 Å². The molecule has 3 aromatic rings. The number of fused-ring (bicyclic) bond motifs is 1. The molecule has 0 amide bonds. The summed E-state index contributed by atoms with van der Waals surface area (Å²) < 4.78 is 12.0. The number of nitrogens with one attached hydrogen (secondary N) is 1. The highest BCUT2D eigenvalue weighted by Gasteiger charge is 2.18. The minimum atomic E-state index is -0.985. The van der Waals surface area contributed by atoms with Crippen molar-refractivity contribution in [1.82, 2.24) is 5.32 Å². The Kier molecular flexibility index (Phi) is 6.82. The maximum absolute atomic E-state index is 10.4. The molecule has 0 aliphatic carbocycles. The van der Waals surface area contributed by atoms with Gasteiger partial charge in [0.1, 0.15) is 18.5 Å². The van der Waals surface area contributed by atoms with Crippen molar-refractivity contribution in [3.63, 3.8) is 0 Å². The van der Waals surface area contributed by atoms with Crippen LogP contribution < -0.4 is 10.1 Å². The number of hydrogen-bond acceptors (Lipinski definition) is 4. The lowest BCUT2D eigenvalue weighted by atomic mass is 10.1. The van der Waals surface area contributed by atoms with Crippen LogP contribution in [0.25, 0.3) is 10.8 Å². The zero-order valence-electron chi connectivity index (χ0n) is 15.8. The lowest BCUT2D eigenvalue weighted by Crippen LogP contribution is -2.38. The Bertz CT molecular complexity index is 830. The topological polar surface area (TPSA) is 50.7 Å². The van der Waals surface area contributed by atoms with Gasteiger partial charge >= 0.3 is 0 Å². The van der Waals surface area contributed by atoms with E-state index in [1.807, 2.05) is 60.7 Å². The minimum absolute atomic E-state index is 0.290. The van der Waals surface area contributed by atoms with Gasteiger partial charge in [-0.3, -0.25) is 0 Å². The van der Waals surface area contributed by atoms with Crippen LogP contribution in [0.5, 0.6) is 5.75 Å². The van der Waals surface area contributed by atoms with E-state index in [0.717, 1.165) is 22.1 Å². The SMILES string of the molecule is CC(C)NCC(COc1cccc2ccccc12)OC(O)c1ccccc1. The molecule has 0 aromatic heterocycles. The average Bonchev–Trinajstić information content (AvgIpc) is 2.70. The van der Waals surface area contributed by atoms with Gasteiger partial charge in [-0.1, -0.05) is 80.6 Å². The highest BCUT2D eigenvalue weighted by atomic mass is 16.6. The van der Waals surface area contributed by atoms with Gasteiger partial charge in [0, 0.05) is 23.5 Å². The fraction of sp³-hybridized carbons (Fsp3) is 0.304. The highest BCUT2D eigenvalue weighted by molar-refractivity contribution is 5.88. The first-order valence-corrected chi connectivity index (χ1v) is 9.36. The van der Waals surface area contributed by atoms with Gasteiger partial charge < -0.3 is 19.9 Å². The second-order valence-corrected chi connectivity index (χ2v) is 6.87. The molecule has 4 nitrogen and oxygen atoms in total. The van der Waals surface area contributed by atoms with Crippen LogP contribution in [0.15, 0.2) is 72.8 Å². The normalized spacial score (nSPS) is 13.6. The third-order valence-electron chi connectivity index (χ3n) is 4.33. The van der Waals surface area contributed by atoms with Gasteiger partial charge in [0.2, 0.25) is 0 Å². The average molecular weight is 365 g/mol. The number of aliphatic hydroxyl groups is 1. The number of ether oxygens (including phenoxy) is 2. The summed E-state index contributed by atoms with van der Waals surface area (Å²) in [5.41, 5.74) is 0.734.